The number of benzene rings is 1. The van der Waals surface area contributed by atoms with Gasteiger partial charge < -0.3 is 15.2 Å². The summed E-state index contributed by atoms with van der Waals surface area (Å²) in [5.41, 5.74) is 5.96. The van der Waals surface area contributed by atoms with Crippen LogP contribution < -0.4 is 10.5 Å². The van der Waals surface area contributed by atoms with E-state index in [9.17, 15) is 9.18 Å². The van der Waals surface area contributed by atoms with E-state index in [-0.39, 0.29) is 29.3 Å². The van der Waals surface area contributed by atoms with E-state index in [1.807, 2.05) is 0 Å². The Bertz CT molecular complexity index is 438. The zero-order valence-electron chi connectivity index (χ0n) is 10.5. The molecule has 0 amide bonds. The van der Waals surface area contributed by atoms with Crippen LogP contribution in [0, 0.1) is 5.82 Å². The molecule has 18 heavy (non-hydrogen) atoms. The Kier molecular flexibility index (Phi) is 5.27. The molecule has 0 saturated carbocycles. The van der Waals surface area contributed by atoms with Gasteiger partial charge in [0, 0.05) is 16.6 Å². The molecule has 1 aromatic rings. The van der Waals surface area contributed by atoms with Crippen molar-refractivity contribution in [3.63, 3.8) is 0 Å². The van der Waals surface area contributed by atoms with Gasteiger partial charge in [-0.15, -0.1) is 11.8 Å². The highest BCUT2D eigenvalue weighted by Gasteiger charge is 2.12. The van der Waals surface area contributed by atoms with Gasteiger partial charge in [0.25, 0.3) is 0 Å². The average Bonchev–Trinajstić information content (AvgIpc) is 2.30. The summed E-state index contributed by atoms with van der Waals surface area (Å²) in [6.45, 7) is 3.61. The molecule has 0 aliphatic rings. The largest absolute Gasteiger partial charge is 0.488 e. The van der Waals surface area contributed by atoms with Gasteiger partial charge in [-0.2, -0.15) is 0 Å². The first-order valence-corrected chi connectivity index (χ1v) is 6.38. The van der Waals surface area contributed by atoms with E-state index in [4.69, 9.17) is 10.5 Å². The topological polar surface area (TPSA) is 61.5 Å². The predicted molar refractivity (Wildman–Crippen MR) is 69.3 cm³/mol. The molecule has 0 atom stereocenters. The number of hydrogen-bond donors (Lipinski definition) is 1. The monoisotopic (exact) mass is 273 g/mol. The number of nitrogen functional groups attached to an aromatic ring is 1. The van der Waals surface area contributed by atoms with Gasteiger partial charge in [0.15, 0.2) is 11.6 Å². The van der Waals surface area contributed by atoms with Crippen LogP contribution in [0.1, 0.15) is 13.8 Å². The van der Waals surface area contributed by atoms with Crippen LogP contribution in [0.2, 0.25) is 0 Å². The third kappa shape index (κ3) is 4.10. The molecule has 0 aliphatic heterocycles. The molecular formula is C12H16FNO3S. The Balaban J connectivity index is 2.87. The van der Waals surface area contributed by atoms with Gasteiger partial charge in [-0.3, -0.25) is 4.79 Å². The molecule has 0 fully saturated rings. The van der Waals surface area contributed by atoms with E-state index in [1.54, 1.807) is 13.8 Å². The lowest BCUT2D eigenvalue weighted by Crippen LogP contribution is -2.08. The lowest BCUT2D eigenvalue weighted by Gasteiger charge is -2.13. The first-order valence-electron chi connectivity index (χ1n) is 5.39. The number of nitrogens with two attached hydrogens (primary N) is 1. The number of ether oxygens (including phenoxy) is 2. The van der Waals surface area contributed by atoms with E-state index in [2.05, 4.69) is 4.74 Å². The smallest absolute Gasteiger partial charge is 0.315 e. The molecule has 100 valence electrons. The number of rotatable bonds is 5. The fraction of sp³-hybridized carbons (Fsp3) is 0.417. The van der Waals surface area contributed by atoms with Crippen molar-refractivity contribution in [2.24, 2.45) is 0 Å². The molecule has 0 radical (unpaired) electrons. The summed E-state index contributed by atoms with van der Waals surface area (Å²) in [5.74, 6) is -0.627. The van der Waals surface area contributed by atoms with Crippen LogP contribution in [-0.2, 0) is 9.53 Å². The molecule has 1 aromatic carbocycles. The van der Waals surface area contributed by atoms with E-state index in [0.29, 0.717) is 4.90 Å². The van der Waals surface area contributed by atoms with Gasteiger partial charge >= 0.3 is 5.97 Å². The van der Waals surface area contributed by atoms with Crippen LogP contribution in [-0.4, -0.2) is 24.9 Å². The van der Waals surface area contributed by atoms with Crippen LogP contribution in [0.3, 0.4) is 0 Å². The van der Waals surface area contributed by atoms with Crippen LogP contribution in [0.4, 0.5) is 10.1 Å². The quantitative estimate of drug-likeness (QED) is 0.507. The molecule has 1 rings (SSSR count). The molecule has 0 aliphatic carbocycles. The second-order valence-corrected chi connectivity index (χ2v) is 4.87. The highest BCUT2D eigenvalue weighted by atomic mass is 32.2. The number of carbonyl (C=O) groups is 1. The van der Waals surface area contributed by atoms with E-state index in [1.165, 1.54) is 31.0 Å². The van der Waals surface area contributed by atoms with Crippen molar-refractivity contribution in [1.82, 2.24) is 0 Å². The molecule has 0 saturated heterocycles. The molecule has 0 unspecified atom stereocenters. The molecular weight excluding hydrogens is 257 g/mol. The van der Waals surface area contributed by atoms with Crippen molar-refractivity contribution in [2.45, 2.75) is 24.8 Å². The van der Waals surface area contributed by atoms with Crippen LogP contribution in [0.25, 0.3) is 0 Å². The van der Waals surface area contributed by atoms with Crippen molar-refractivity contribution < 1.29 is 18.7 Å². The van der Waals surface area contributed by atoms with Gasteiger partial charge in [0.1, 0.15) is 0 Å². The zero-order valence-corrected chi connectivity index (χ0v) is 11.3. The number of methoxy groups -OCH3 is 1. The van der Waals surface area contributed by atoms with Gasteiger partial charge in [0.2, 0.25) is 0 Å². The van der Waals surface area contributed by atoms with Crippen molar-refractivity contribution in [1.29, 1.82) is 0 Å². The Hall–Kier alpha value is -1.43. The SMILES string of the molecule is COC(=O)CSc1cc(OC(C)C)c(F)cc1N. The summed E-state index contributed by atoms with van der Waals surface area (Å²) in [7, 11) is 1.31. The maximum Gasteiger partial charge on any atom is 0.315 e. The third-order valence-electron chi connectivity index (χ3n) is 2.00. The van der Waals surface area contributed by atoms with Crippen molar-refractivity contribution in [3.05, 3.63) is 17.9 Å². The van der Waals surface area contributed by atoms with E-state index >= 15 is 0 Å². The molecule has 0 heterocycles. The highest BCUT2D eigenvalue weighted by Crippen LogP contribution is 2.32. The minimum Gasteiger partial charge on any atom is -0.488 e. The fourth-order valence-electron chi connectivity index (χ4n) is 1.21. The molecule has 2 N–H and O–H groups in total. The Morgan fingerprint density at radius 1 is 1.50 bits per heavy atom. The van der Waals surface area contributed by atoms with Crippen LogP contribution in [0.15, 0.2) is 17.0 Å². The van der Waals surface area contributed by atoms with Crippen molar-refractivity contribution in [2.75, 3.05) is 18.6 Å². The Labute approximate surface area is 110 Å². The predicted octanol–water partition coefficient (Wildman–Crippen LogP) is 2.46. The zero-order chi connectivity index (χ0) is 13.7. The Morgan fingerprint density at radius 3 is 2.72 bits per heavy atom. The van der Waals surface area contributed by atoms with Gasteiger partial charge in [-0.1, -0.05) is 0 Å². The van der Waals surface area contributed by atoms with Gasteiger partial charge in [-0.25, -0.2) is 4.39 Å². The lowest BCUT2D eigenvalue weighted by molar-refractivity contribution is -0.137. The molecule has 6 heteroatoms. The van der Waals surface area contributed by atoms with E-state index < -0.39 is 5.82 Å². The summed E-state index contributed by atoms with van der Waals surface area (Å²) in [4.78, 5) is 11.6. The molecule has 0 spiro atoms. The summed E-state index contributed by atoms with van der Waals surface area (Å²) >= 11 is 1.18. The minimum atomic E-state index is -0.511. The second-order valence-electron chi connectivity index (χ2n) is 3.85. The van der Waals surface area contributed by atoms with Gasteiger partial charge in [0.05, 0.1) is 19.0 Å². The van der Waals surface area contributed by atoms with Crippen molar-refractivity contribution >= 4 is 23.4 Å². The second kappa shape index (κ2) is 6.49. The van der Waals surface area contributed by atoms with Crippen molar-refractivity contribution in [3.8, 4) is 5.75 Å². The average molecular weight is 273 g/mol. The number of halogens is 1. The fourth-order valence-corrected chi connectivity index (χ4v) is 2.02. The number of thioether (sulfide) groups is 1. The number of esters is 1. The van der Waals surface area contributed by atoms with Gasteiger partial charge in [-0.05, 0) is 19.9 Å². The first-order chi connectivity index (χ1) is 8.43. The summed E-state index contributed by atoms with van der Waals surface area (Å²) < 4.78 is 23.4. The molecule has 0 bridgehead atoms. The molecule has 4 nitrogen and oxygen atoms in total. The number of hydrogen-bond acceptors (Lipinski definition) is 5. The van der Waals surface area contributed by atoms with Crippen LogP contribution >= 0.6 is 11.8 Å². The normalized spacial score (nSPS) is 10.5. The minimum absolute atomic E-state index is 0.119. The summed E-state index contributed by atoms with van der Waals surface area (Å²) in [5, 5.41) is 0. The lowest BCUT2D eigenvalue weighted by atomic mass is 10.3. The number of carbonyl (C=O) groups excluding carboxylic acids is 1. The third-order valence-corrected chi connectivity index (χ3v) is 3.04. The van der Waals surface area contributed by atoms with E-state index in [0.717, 1.165) is 0 Å². The maximum absolute atomic E-state index is 13.5. The van der Waals surface area contributed by atoms with Crippen LogP contribution in [0.5, 0.6) is 5.75 Å². The summed E-state index contributed by atoms with van der Waals surface area (Å²) in [6, 6.07) is 2.69. The highest BCUT2D eigenvalue weighted by molar-refractivity contribution is 8.00. The number of anilines is 1. The Morgan fingerprint density at radius 2 is 2.17 bits per heavy atom. The summed E-state index contributed by atoms with van der Waals surface area (Å²) in [6.07, 6.45) is -0.137. The standard InChI is InChI=1S/C12H16FNO3S/c1-7(2)17-10-5-11(9(14)4-8(10)13)18-6-12(15)16-3/h4-5,7H,6,14H2,1-3H3. The maximum atomic E-state index is 13.5. The first kappa shape index (κ1) is 14.6. The molecule has 0 aromatic heterocycles.